The summed E-state index contributed by atoms with van der Waals surface area (Å²) < 4.78 is 11.3. The van der Waals surface area contributed by atoms with Crippen LogP contribution in [0.4, 0.5) is 4.79 Å². The molecule has 0 saturated carbocycles. The number of hydrogen-bond acceptors (Lipinski definition) is 5. The van der Waals surface area contributed by atoms with Crippen molar-refractivity contribution < 1.29 is 19.1 Å². The first-order chi connectivity index (χ1) is 17.5. The van der Waals surface area contributed by atoms with E-state index in [0.29, 0.717) is 24.2 Å². The van der Waals surface area contributed by atoms with Crippen molar-refractivity contribution in [2.24, 2.45) is 0 Å². The van der Waals surface area contributed by atoms with Gasteiger partial charge < -0.3 is 24.7 Å². The highest BCUT2D eigenvalue weighted by atomic mass is 16.6. The van der Waals surface area contributed by atoms with Gasteiger partial charge in [0.1, 0.15) is 11.4 Å². The third-order valence-electron chi connectivity index (χ3n) is 6.42. The van der Waals surface area contributed by atoms with E-state index in [2.05, 4.69) is 10.3 Å². The van der Waals surface area contributed by atoms with E-state index in [9.17, 15) is 14.4 Å². The fourth-order valence-electron chi connectivity index (χ4n) is 4.69. The Bertz CT molecular complexity index is 1360. The number of pyridine rings is 1. The van der Waals surface area contributed by atoms with Crippen LogP contribution in [-0.4, -0.2) is 52.7 Å². The van der Waals surface area contributed by atoms with Crippen molar-refractivity contribution in [1.82, 2.24) is 15.2 Å². The summed E-state index contributed by atoms with van der Waals surface area (Å²) in [5.41, 5.74) is 2.28. The molecule has 2 aromatic carbocycles. The third-order valence-corrected chi connectivity index (χ3v) is 6.42. The quantitative estimate of drug-likeness (QED) is 0.519. The minimum atomic E-state index is -0.753. The van der Waals surface area contributed by atoms with Crippen LogP contribution in [0.2, 0.25) is 0 Å². The monoisotopic (exact) mass is 505 g/mol. The number of nitrogens with zero attached hydrogens (tertiary/aromatic N) is 1. The molecule has 37 heavy (non-hydrogen) atoms. The number of alkyl carbamates (subject to hydrolysis) is 1. The van der Waals surface area contributed by atoms with Gasteiger partial charge in [-0.2, -0.15) is 0 Å². The van der Waals surface area contributed by atoms with Crippen LogP contribution < -0.4 is 15.6 Å². The average molecular weight is 506 g/mol. The zero-order valence-corrected chi connectivity index (χ0v) is 22.1. The van der Waals surface area contributed by atoms with Crippen LogP contribution in [0.5, 0.6) is 5.75 Å². The number of likely N-dealkylation sites (tertiary alicyclic amines) is 1. The Labute approximate surface area is 217 Å². The van der Waals surface area contributed by atoms with Crippen molar-refractivity contribution in [3.8, 4) is 16.9 Å². The van der Waals surface area contributed by atoms with Gasteiger partial charge in [0, 0.05) is 30.9 Å². The third kappa shape index (κ3) is 6.31. The Morgan fingerprint density at radius 1 is 1.11 bits per heavy atom. The van der Waals surface area contributed by atoms with Gasteiger partial charge in [0.15, 0.2) is 6.10 Å². The zero-order chi connectivity index (χ0) is 26.7. The Kier molecular flexibility index (Phi) is 7.57. The van der Waals surface area contributed by atoms with E-state index in [1.165, 1.54) is 0 Å². The lowest BCUT2D eigenvalue weighted by Gasteiger charge is -2.34. The first kappa shape index (κ1) is 26.3. The predicted molar refractivity (Wildman–Crippen MR) is 144 cm³/mol. The second kappa shape index (κ2) is 10.7. The molecule has 196 valence electrons. The van der Waals surface area contributed by atoms with Crippen LogP contribution in [0, 0.1) is 6.92 Å². The number of carbonyl (C=O) groups is 2. The molecule has 8 nitrogen and oxygen atoms in total. The van der Waals surface area contributed by atoms with Crippen molar-refractivity contribution in [2.45, 2.75) is 65.2 Å². The molecule has 0 spiro atoms. The van der Waals surface area contributed by atoms with Crippen molar-refractivity contribution in [3.05, 3.63) is 64.6 Å². The van der Waals surface area contributed by atoms with Gasteiger partial charge in [0.25, 0.3) is 11.5 Å². The topological polar surface area (TPSA) is 101 Å². The van der Waals surface area contributed by atoms with Crippen LogP contribution in [0.25, 0.3) is 21.9 Å². The maximum Gasteiger partial charge on any atom is 0.407 e. The largest absolute Gasteiger partial charge is 0.481 e. The molecule has 4 rings (SSSR count). The SMILES string of the molecule is Cc1ccccc1-c1c[nH]c(=O)c2cc(O[C@H](C)C(=O)N3CCC[C@H](NC(=O)OC(C)(C)C)C3)ccc12. The lowest BCUT2D eigenvalue weighted by Crippen LogP contribution is -2.52. The Hall–Kier alpha value is -3.81. The maximum atomic E-state index is 13.2. The molecule has 0 unspecified atom stereocenters. The zero-order valence-electron chi connectivity index (χ0n) is 22.1. The van der Waals surface area contributed by atoms with Gasteiger partial charge in [-0.1, -0.05) is 24.3 Å². The van der Waals surface area contributed by atoms with Gasteiger partial charge in [-0.3, -0.25) is 9.59 Å². The highest BCUT2D eigenvalue weighted by Crippen LogP contribution is 2.30. The van der Waals surface area contributed by atoms with Crippen molar-refractivity contribution in [2.75, 3.05) is 13.1 Å². The number of amides is 2. The summed E-state index contributed by atoms with van der Waals surface area (Å²) in [5, 5.41) is 4.18. The minimum absolute atomic E-state index is 0.168. The number of hydrogen-bond donors (Lipinski definition) is 2. The number of benzene rings is 2. The van der Waals surface area contributed by atoms with Gasteiger partial charge in [-0.25, -0.2) is 4.79 Å². The van der Waals surface area contributed by atoms with Crippen LogP contribution in [0.1, 0.15) is 46.1 Å². The fourth-order valence-corrected chi connectivity index (χ4v) is 4.69. The highest BCUT2D eigenvalue weighted by molar-refractivity contribution is 5.97. The standard InChI is InChI=1S/C29H35N3O5/c1-18-9-6-7-11-22(18)25-16-30-26(33)24-15-21(12-13-23(24)25)36-19(2)27(34)32-14-8-10-20(17-32)31-28(35)37-29(3,4)5/h6-7,9,11-13,15-16,19-20H,8,10,14,17H2,1-5H3,(H,30,33)(H,31,35)/t19-,20+/m1/s1. The van der Waals surface area contributed by atoms with Gasteiger partial charge in [-0.15, -0.1) is 0 Å². The molecule has 0 bridgehead atoms. The van der Waals surface area contributed by atoms with Crippen molar-refractivity contribution >= 4 is 22.8 Å². The van der Waals surface area contributed by atoms with Crippen LogP contribution in [0.3, 0.4) is 0 Å². The second-order valence-corrected chi connectivity index (χ2v) is 10.6. The predicted octanol–water partition coefficient (Wildman–Crippen LogP) is 4.79. The van der Waals surface area contributed by atoms with Crippen LogP contribution in [-0.2, 0) is 9.53 Å². The molecule has 1 aromatic heterocycles. The van der Waals surface area contributed by atoms with Gasteiger partial charge in [0.2, 0.25) is 0 Å². The molecule has 1 aliphatic rings. The fraction of sp³-hybridized carbons (Fsp3) is 0.414. The number of aromatic amines is 1. The van der Waals surface area contributed by atoms with E-state index < -0.39 is 17.8 Å². The normalized spacial score (nSPS) is 16.8. The van der Waals surface area contributed by atoms with Crippen LogP contribution in [0.15, 0.2) is 53.5 Å². The first-order valence-corrected chi connectivity index (χ1v) is 12.7. The summed E-state index contributed by atoms with van der Waals surface area (Å²) in [6, 6.07) is 13.2. The number of aryl methyl sites for hydroxylation is 1. The molecule has 1 fully saturated rings. The van der Waals surface area contributed by atoms with E-state index in [1.807, 2.05) is 58.0 Å². The Balaban J connectivity index is 1.46. The molecule has 0 radical (unpaired) electrons. The first-order valence-electron chi connectivity index (χ1n) is 12.7. The molecular formula is C29H35N3O5. The number of rotatable bonds is 5. The summed E-state index contributed by atoms with van der Waals surface area (Å²) in [6.07, 6.45) is 2.04. The van der Waals surface area contributed by atoms with Crippen LogP contribution >= 0.6 is 0 Å². The molecule has 3 aromatic rings. The smallest absolute Gasteiger partial charge is 0.407 e. The van der Waals surface area contributed by atoms with Gasteiger partial charge in [-0.05, 0) is 82.2 Å². The van der Waals surface area contributed by atoms with E-state index >= 15 is 0 Å². The molecule has 2 N–H and O–H groups in total. The number of nitrogens with one attached hydrogen (secondary N) is 2. The molecule has 0 aliphatic carbocycles. The number of piperidine rings is 1. The molecule has 2 atom stereocenters. The van der Waals surface area contributed by atoms with E-state index in [1.54, 1.807) is 30.2 Å². The molecule has 2 amide bonds. The van der Waals surface area contributed by atoms with E-state index in [4.69, 9.17) is 9.47 Å². The van der Waals surface area contributed by atoms with E-state index in [-0.39, 0.29) is 17.5 Å². The summed E-state index contributed by atoms with van der Waals surface area (Å²) in [5.74, 6) is 0.277. The summed E-state index contributed by atoms with van der Waals surface area (Å²) in [7, 11) is 0. The Morgan fingerprint density at radius 3 is 2.59 bits per heavy atom. The second-order valence-electron chi connectivity index (χ2n) is 10.6. The number of H-pyrrole nitrogens is 1. The number of ether oxygens (including phenoxy) is 2. The Morgan fingerprint density at radius 2 is 1.86 bits per heavy atom. The molecular weight excluding hydrogens is 470 g/mol. The van der Waals surface area contributed by atoms with Gasteiger partial charge >= 0.3 is 6.09 Å². The number of carbonyl (C=O) groups excluding carboxylic acids is 2. The van der Waals surface area contributed by atoms with E-state index in [0.717, 1.165) is 34.9 Å². The molecule has 1 saturated heterocycles. The lowest BCUT2D eigenvalue weighted by molar-refractivity contribution is -0.139. The molecule has 1 aliphatic heterocycles. The summed E-state index contributed by atoms with van der Waals surface area (Å²) in [6.45, 7) is 10.2. The highest BCUT2D eigenvalue weighted by Gasteiger charge is 2.29. The lowest BCUT2D eigenvalue weighted by atomic mass is 9.97. The molecule has 2 heterocycles. The van der Waals surface area contributed by atoms with Crippen molar-refractivity contribution in [3.63, 3.8) is 0 Å². The summed E-state index contributed by atoms with van der Waals surface area (Å²) >= 11 is 0. The average Bonchev–Trinajstić information content (AvgIpc) is 2.83. The van der Waals surface area contributed by atoms with Crippen molar-refractivity contribution in [1.29, 1.82) is 0 Å². The number of aromatic nitrogens is 1. The summed E-state index contributed by atoms with van der Waals surface area (Å²) in [4.78, 5) is 42.5. The minimum Gasteiger partial charge on any atom is -0.481 e. The molecule has 8 heteroatoms. The van der Waals surface area contributed by atoms with Gasteiger partial charge in [0.05, 0.1) is 5.39 Å². The maximum absolute atomic E-state index is 13.2. The number of fused-ring (bicyclic) bond motifs is 1.